The second-order valence-electron chi connectivity index (χ2n) is 5.30. The summed E-state index contributed by atoms with van der Waals surface area (Å²) in [5.74, 6) is -0.584. The van der Waals surface area contributed by atoms with Crippen molar-refractivity contribution in [2.45, 2.75) is 19.8 Å². The maximum Gasteiger partial charge on any atom is 0.338 e. The second-order valence-corrected chi connectivity index (χ2v) is 5.30. The summed E-state index contributed by atoms with van der Waals surface area (Å²) in [5.41, 5.74) is 1.36. The van der Waals surface area contributed by atoms with Crippen molar-refractivity contribution in [1.82, 2.24) is 19.7 Å². The first kappa shape index (κ1) is 14.0. The molecule has 7 heteroatoms. The van der Waals surface area contributed by atoms with E-state index in [-0.39, 0.29) is 17.1 Å². The molecular weight excluding hydrogens is 284 g/mol. The quantitative estimate of drug-likeness (QED) is 0.769. The molecule has 0 bridgehead atoms. The fraction of sp³-hybridized carbons (Fsp3) is 0.200. The Kier molecular flexibility index (Phi) is 3.25. The van der Waals surface area contributed by atoms with Crippen molar-refractivity contribution < 1.29 is 9.90 Å². The summed E-state index contributed by atoms with van der Waals surface area (Å²) in [5, 5.41) is 13.3. The zero-order chi connectivity index (χ0) is 15.9. The zero-order valence-corrected chi connectivity index (χ0v) is 12.1. The van der Waals surface area contributed by atoms with Crippen molar-refractivity contribution in [3.8, 4) is 5.95 Å². The molecule has 1 aromatic carbocycles. The van der Waals surface area contributed by atoms with E-state index in [9.17, 15) is 9.59 Å². The average molecular weight is 298 g/mol. The van der Waals surface area contributed by atoms with Crippen molar-refractivity contribution in [2.24, 2.45) is 0 Å². The molecular formula is C15H14N4O3. The largest absolute Gasteiger partial charge is 0.478 e. The first-order valence-electron chi connectivity index (χ1n) is 6.78. The van der Waals surface area contributed by atoms with Crippen LogP contribution in [0.4, 0.5) is 0 Å². The SMILES string of the molecule is CC(C)c1ccc2c(=O)[nH]c(-n3cc(C(=O)O)cn3)nc2c1. The number of carbonyl (C=O) groups is 1. The fourth-order valence-electron chi connectivity index (χ4n) is 2.16. The Bertz CT molecular complexity index is 924. The van der Waals surface area contributed by atoms with Gasteiger partial charge in [0.1, 0.15) is 0 Å². The van der Waals surface area contributed by atoms with Crippen LogP contribution in [-0.2, 0) is 0 Å². The third kappa shape index (κ3) is 2.37. The van der Waals surface area contributed by atoms with Gasteiger partial charge in [-0.05, 0) is 23.6 Å². The Hall–Kier alpha value is -2.96. The lowest BCUT2D eigenvalue weighted by atomic mass is 10.0. The van der Waals surface area contributed by atoms with Gasteiger partial charge in [0.05, 0.1) is 22.7 Å². The zero-order valence-electron chi connectivity index (χ0n) is 12.1. The van der Waals surface area contributed by atoms with Gasteiger partial charge >= 0.3 is 5.97 Å². The second kappa shape index (κ2) is 5.10. The molecule has 0 aliphatic carbocycles. The number of aromatic nitrogens is 4. The number of nitrogens with zero attached hydrogens (tertiary/aromatic N) is 3. The highest BCUT2D eigenvalue weighted by Crippen LogP contribution is 2.18. The Morgan fingerprint density at radius 2 is 2.14 bits per heavy atom. The minimum absolute atomic E-state index is 0.0266. The van der Waals surface area contributed by atoms with Gasteiger partial charge in [0.2, 0.25) is 5.95 Å². The molecule has 0 radical (unpaired) electrons. The highest BCUT2D eigenvalue weighted by molar-refractivity contribution is 5.87. The molecule has 0 unspecified atom stereocenters. The van der Waals surface area contributed by atoms with Crippen LogP contribution in [0, 0.1) is 0 Å². The molecule has 0 amide bonds. The molecule has 0 fully saturated rings. The summed E-state index contributed by atoms with van der Waals surface area (Å²) >= 11 is 0. The lowest BCUT2D eigenvalue weighted by Gasteiger charge is -2.07. The monoisotopic (exact) mass is 298 g/mol. The third-order valence-corrected chi connectivity index (χ3v) is 3.43. The van der Waals surface area contributed by atoms with Crippen LogP contribution in [0.25, 0.3) is 16.9 Å². The highest BCUT2D eigenvalue weighted by Gasteiger charge is 2.11. The van der Waals surface area contributed by atoms with Gasteiger partial charge in [-0.15, -0.1) is 0 Å². The smallest absolute Gasteiger partial charge is 0.338 e. The number of aromatic amines is 1. The predicted octanol–water partition coefficient (Wildman–Crippen LogP) is 1.93. The number of hydrogen-bond acceptors (Lipinski definition) is 4. The predicted molar refractivity (Wildman–Crippen MR) is 80.5 cm³/mol. The molecule has 112 valence electrons. The maximum absolute atomic E-state index is 12.1. The first-order chi connectivity index (χ1) is 10.5. The normalized spacial score (nSPS) is 11.2. The number of nitrogens with one attached hydrogen (secondary N) is 1. The standard InChI is InChI=1S/C15H14N4O3/c1-8(2)9-3-4-11-12(5-9)17-15(18-13(11)20)19-7-10(6-16-19)14(21)22/h3-8H,1-2H3,(H,21,22)(H,17,18,20). The molecule has 2 heterocycles. The van der Waals surface area contributed by atoms with Crippen LogP contribution in [0.5, 0.6) is 0 Å². The lowest BCUT2D eigenvalue weighted by molar-refractivity contribution is 0.0697. The molecule has 0 aliphatic heterocycles. The van der Waals surface area contributed by atoms with E-state index in [0.29, 0.717) is 16.8 Å². The van der Waals surface area contributed by atoms with Crippen LogP contribution in [0.2, 0.25) is 0 Å². The van der Waals surface area contributed by atoms with Crippen LogP contribution >= 0.6 is 0 Å². The van der Waals surface area contributed by atoms with Gasteiger partial charge in [0, 0.05) is 6.20 Å². The van der Waals surface area contributed by atoms with Gasteiger partial charge in [-0.1, -0.05) is 19.9 Å². The molecule has 0 aliphatic rings. The molecule has 0 atom stereocenters. The summed E-state index contributed by atoms with van der Waals surface area (Å²) in [4.78, 5) is 30.0. The van der Waals surface area contributed by atoms with E-state index >= 15 is 0 Å². The molecule has 0 saturated carbocycles. The summed E-state index contributed by atoms with van der Waals surface area (Å²) in [7, 11) is 0. The third-order valence-electron chi connectivity index (χ3n) is 3.43. The number of H-pyrrole nitrogens is 1. The summed E-state index contributed by atoms with van der Waals surface area (Å²) in [6.45, 7) is 4.11. The van der Waals surface area contributed by atoms with E-state index < -0.39 is 5.97 Å². The Labute approximate surface area is 125 Å². The van der Waals surface area contributed by atoms with Gasteiger partial charge in [0.15, 0.2) is 0 Å². The van der Waals surface area contributed by atoms with E-state index in [4.69, 9.17) is 5.11 Å². The van der Waals surface area contributed by atoms with Gasteiger partial charge in [-0.3, -0.25) is 9.78 Å². The van der Waals surface area contributed by atoms with Crippen molar-refractivity contribution in [3.05, 3.63) is 52.1 Å². The molecule has 2 aromatic heterocycles. The fourth-order valence-corrected chi connectivity index (χ4v) is 2.16. The number of carboxylic acid groups (broad SMARTS) is 1. The first-order valence-corrected chi connectivity index (χ1v) is 6.78. The average Bonchev–Trinajstić information content (AvgIpc) is 2.96. The van der Waals surface area contributed by atoms with Crippen molar-refractivity contribution in [2.75, 3.05) is 0 Å². The topological polar surface area (TPSA) is 101 Å². The Morgan fingerprint density at radius 3 is 2.77 bits per heavy atom. The van der Waals surface area contributed by atoms with Gasteiger partial charge in [0.25, 0.3) is 5.56 Å². The number of rotatable bonds is 3. The van der Waals surface area contributed by atoms with Crippen molar-refractivity contribution in [1.29, 1.82) is 0 Å². The molecule has 0 saturated heterocycles. The summed E-state index contributed by atoms with van der Waals surface area (Å²) in [6, 6.07) is 5.51. The molecule has 22 heavy (non-hydrogen) atoms. The molecule has 0 spiro atoms. The Balaban J connectivity index is 2.17. The van der Waals surface area contributed by atoms with Crippen LogP contribution in [0.15, 0.2) is 35.4 Å². The molecule has 3 rings (SSSR count). The van der Waals surface area contributed by atoms with Crippen molar-refractivity contribution in [3.63, 3.8) is 0 Å². The van der Waals surface area contributed by atoms with E-state index in [1.807, 2.05) is 12.1 Å². The van der Waals surface area contributed by atoms with Crippen LogP contribution in [0.3, 0.4) is 0 Å². The highest BCUT2D eigenvalue weighted by atomic mass is 16.4. The van der Waals surface area contributed by atoms with E-state index in [1.54, 1.807) is 6.07 Å². The van der Waals surface area contributed by atoms with E-state index in [1.165, 1.54) is 17.1 Å². The van der Waals surface area contributed by atoms with Crippen LogP contribution < -0.4 is 5.56 Å². The van der Waals surface area contributed by atoms with Gasteiger partial charge < -0.3 is 5.11 Å². The van der Waals surface area contributed by atoms with Gasteiger partial charge in [-0.25, -0.2) is 14.5 Å². The number of carboxylic acids is 1. The number of hydrogen-bond donors (Lipinski definition) is 2. The minimum atomic E-state index is -1.09. The van der Waals surface area contributed by atoms with Gasteiger partial charge in [-0.2, -0.15) is 5.10 Å². The maximum atomic E-state index is 12.1. The number of fused-ring (bicyclic) bond motifs is 1. The lowest BCUT2D eigenvalue weighted by Crippen LogP contribution is -2.14. The number of benzene rings is 1. The van der Waals surface area contributed by atoms with Crippen LogP contribution in [0.1, 0.15) is 35.7 Å². The number of aromatic carboxylic acids is 1. The van der Waals surface area contributed by atoms with Crippen LogP contribution in [-0.4, -0.2) is 30.8 Å². The molecule has 3 aromatic rings. The molecule has 2 N–H and O–H groups in total. The van der Waals surface area contributed by atoms with Crippen molar-refractivity contribution >= 4 is 16.9 Å². The van der Waals surface area contributed by atoms with E-state index in [2.05, 4.69) is 28.9 Å². The summed E-state index contributed by atoms with van der Waals surface area (Å²) in [6.07, 6.45) is 2.51. The Morgan fingerprint density at radius 1 is 1.36 bits per heavy atom. The molecule has 7 nitrogen and oxygen atoms in total. The van der Waals surface area contributed by atoms with E-state index in [0.717, 1.165) is 5.56 Å². The minimum Gasteiger partial charge on any atom is -0.478 e. The summed E-state index contributed by atoms with van der Waals surface area (Å²) < 4.78 is 1.24.